The molecule has 0 radical (unpaired) electrons. The molecule has 2 N–H and O–H groups in total. The Hall–Kier alpha value is -2.94. The number of nitrogens with zero attached hydrogens (tertiary/aromatic N) is 4. The Balaban J connectivity index is 1.61. The van der Waals surface area contributed by atoms with E-state index in [4.69, 9.17) is 15.3 Å². The molecule has 0 unspecified atom stereocenters. The minimum atomic E-state index is 0.0416. The molecule has 0 saturated carbocycles. The third kappa shape index (κ3) is 4.56. The van der Waals surface area contributed by atoms with Gasteiger partial charge in [-0.15, -0.1) is 10.2 Å². The quantitative estimate of drug-likeness (QED) is 0.326. The number of hydrogen-bond acceptors (Lipinski definition) is 7. The molecule has 29 heavy (non-hydrogen) atoms. The first-order valence-corrected chi connectivity index (χ1v) is 10.2. The van der Waals surface area contributed by atoms with E-state index in [9.17, 15) is 4.79 Å². The molecule has 154 valence electrons. The minimum absolute atomic E-state index is 0.0416. The van der Waals surface area contributed by atoms with E-state index in [0.29, 0.717) is 22.5 Å². The highest BCUT2D eigenvalue weighted by molar-refractivity contribution is 7.99. The van der Waals surface area contributed by atoms with Crippen molar-refractivity contribution >= 4 is 17.5 Å². The summed E-state index contributed by atoms with van der Waals surface area (Å²) >= 11 is 1.26. The van der Waals surface area contributed by atoms with Crippen LogP contribution in [0.3, 0.4) is 0 Å². The highest BCUT2D eigenvalue weighted by atomic mass is 32.2. The van der Waals surface area contributed by atoms with Crippen molar-refractivity contribution in [3.63, 3.8) is 0 Å². The average Bonchev–Trinajstić information content (AvgIpc) is 3.22. The number of ketones is 1. The number of ether oxygens (including phenoxy) is 2. The predicted octanol–water partition coefficient (Wildman–Crippen LogP) is 2.99. The molecule has 0 fully saturated rings. The molecule has 0 aliphatic heterocycles. The van der Waals surface area contributed by atoms with Crippen molar-refractivity contribution in [2.24, 2.45) is 0 Å². The lowest BCUT2D eigenvalue weighted by atomic mass is 10.2. The second-order valence-corrected chi connectivity index (χ2v) is 7.42. The standard InChI is InChI=1S/C20H25N5O3S/c1-5-24-13(2)9-17(14(24)3)18(26)12-29-20-23-22-19(25(20)21)11-28-16-8-6-7-15(10-16)27-4/h6-10H,5,11-12,21H2,1-4H3. The number of carbonyl (C=O) groups is 1. The van der Waals surface area contributed by atoms with Crippen LogP contribution in [0.15, 0.2) is 35.5 Å². The summed E-state index contributed by atoms with van der Waals surface area (Å²) < 4.78 is 14.4. The van der Waals surface area contributed by atoms with E-state index in [0.717, 1.165) is 23.5 Å². The van der Waals surface area contributed by atoms with Crippen LogP contribution in [-0.4, -0.2) is 38.1 Å². The lowest BCUT2D eigenvalue weighted by molar-refractivity contribution is 0.102. The number of methoxy groups -OCH3 is 1. The van der Waals surface area contributed by atoms with Crippen molar-refractivity contribution in [2.75, 3.05) is 18.7 Å². The highest BCUT2D eigenvalue weighted by Gasteiger charge is 2.18. The summed E-state index contributed by atoms with van der Waals surface area (Å²) in [5, 5.41) is 8.61. The second kappa shape index (κ2) is 9.04. The lowest BCUT2D eigenvalue weighted by Gasteiger charge is -2.08. The van der Waals surface area contributed by atoms with E-state index in [1.807, 2.05) is 38.1 Å². The molecular weight excluding hydrogens is 390 g/mol. The molecule has 0 amide bonds. The molecule has 0 aliphatic rings. The largest absolute Gasteiger partial charge is 0.497 e. The van der Waals surface area contributed by atoms with Crippen LogP contribution in [-0.2, 0) is 13.2 Å². The number of carbonyl (C=O) groups excluding carboxylic acids is 1. The Morgan fingerprint density at radius 1 is 1.21 bits per heavy atom. The van der Waals surface area contributed by atoms with E-state index < -0.39 is 0 Å². The van der Waals surface area contributed by atoms with Crippen LogP contribution in [0.2, 0.25) is 0 Å². The summed E-state index contributed by atoms with van der Waals surface area (Å²) in [6, 6.07) is 9.20. The van der Waals surface area contributed by atoms with Crippen molar-refractivity contribution in [2.45, 2.75) is 39.1 Å². The zero-order valence-corrected chi connectivity index (χ0v) is 17.8. The van der Waals surface area contributed by atoms with Crippen molar-refractivity contribution in [1.29, 1.82) is 0 Å². The van der Waals surface area contributed by atoms with Gasteiger partial charge in [-0.2, -0.15) is 0 Å². The number of aryl methyl sites for hydroxylation is 1. The van der Waals surface area contributed by atoms with Gasteiger partial charge in [0.15, 0.2) is 11.6 Å². The van der Waals surface area contributed by atoms with Gasteiger partial charge in [-0.25, -0.2) is 4.68 Å². The Morgan fingerprint density at radius 3 is 2.66 bits per heavy atom. The number of Topliss-reactive ketones (excluding diaryl/α,β-unsaturated/α-hetero) is 1. The van der Waals surface area contributed by atoms with E-state index in [1.54, 1.807) is 13.2 Å². The molecule has 0 aliphatic carbocycles. The second-order valence-electron chi connectivity index (χ2n) is 6.48. The summed E-state index contributed by atoms with van der Waals surface area (Å²) in [6.07, 6.45) is 0. The van der Waals surface area contributed by atoms with Crippen molar-refractivity contribution in [1.82, 2.24) is 19.4 Å². The number of thioether (sulfide) groups is 1. The van der Waals surface area contributed by atoms with Gasteiger partial charge < -0.3 is 19.9 Å². The molecule has 2 aromatic heterocycles. The summed E-state index contributed by atoms with van der Waals surface area (Å²) in [4.78, 5) is 12.6. The van der Waals surface area contributed by atoms with Gasteiger partial charge in [-0.1, -0.05) is 17.8 Å². The summed E-state index contributed by atoms with van der Waals surface area (Å²) in [6.45, 7) is 7.03. The van der Waals surface area contributed by atoms with Gasteiger partial charge >= 0.3 is 0 Å². The fourth-order valence-corrected chi connectivity index (χ4v) is 3.88. The topological polar surface area (TPSA) is 97.2 Å². The van der Waals surface area contributed by atoms with Crippen molar-refractivity contribution in [3.8, 4) is 11.5 Å². The maximum Gasteiger partial charge on any atom is 0.210 e. The number of benzene rings is 1. The molecule has 3 aromatic rings. The van der Waals surface area contributed by atoms with Crippen LogP contribution >= 0.6 is 11.8 Å². The molecule has 0 spiro atoms. The third-order valence-corrected chi connectivity index (χ3v) is 5.61. The molecule has 0 atom stereocenters. The molecule has 8 nitrogen and oxygen atoms in total. The van der Waals surface area contributed by atoms with Crippen molar-refractivity contribution in [3.05, 3.63) is 53.1 Å². The predicted molar refractivity (Wildman–Crippen MR) is 112 cm³/mol. The smallest absolute Gasteiger partial charge is 0.210 e. The van der Waals surface area contributed by atoms with Crippen LogP contribution in [0.25, 0.3) is 0 Å². The Labute approximate surface area is 174 Å². The molecular formula is C20H25N5O3S. The van der Waals surface area contributed by atoms with Gasteiger partial charge in [0.05, 0.1) is 12.9 Å². The SMILES string of the molecule is CCn1c(C)cc(C(=O)CSc2nnc(COc3cccc(OC)c3)n2N)c1C. The van der Waals surface area contributed by atoms with Gasteiger partial charge in [0.25, 0.3) is 0 Å². The first-order chi connectivity index (χ1) is 13.9. The van der Waals surface area contributed by atoms with Crippen LogP contribution in [0.1, 0.15) is 34.5 Å². The van der Waals surface area contributed by atoms with Crippen LogP contribution in [0, 0.1) is 13.8 Å². The van der Waals surface area contributed by atoms with E-state index in [-0.39, 0.29) is 18.1 Å². The minimum Gasteiger partial charge on any atom is -0.497 e. The molecule has 1 aromatic carbocycles. The van der Waals surface area contributed by atoms with E-state index in [2.05, 4.69) is 21.7 Å². The van der Waals surface area contributed by atoms with Gasteiger partial charge in [0, 0.05) is 29.6 Å². The lowest BCUT2D eigenvalue weighted by Crippen LogP contribution is -2.16. The fourth-order valence-electron chi connectivity index (χ4n) is 3.12. The maximum atomic E-state index is 12.6. The van der Waals surface area contributed by atoms with Gasteiger partial charge in [-0.05, 0) is 39.0 Å². The number of hydrogen-bond donors (Lipinski definition) is 1. The molecule has 0 saturated heterocycles. The van der Waals surface area contributed by atoms with Crippen LogP contribution in [0.4, 0.5) is 0 Å². The third-order valence-electron chi connectivity index (χ3n) is 4.67. The summed E-state index contributed by atoms with van der Waals surface area (Å²) in [7, 11) is 1.60. The zero-order chi connectivity index (χ0) is 21.0. The maximum absolute atomic E-state index is 12.6. The monoisotopic (exact) mass is 415 g/mol. The normalized spacial score (nSPS) is 10.9. The summed E-state index contributed by atoms with van der Waals surface area (Å²) in [5.41, 5.74) is 2.80. The Morgan fingerprint density at radius 2 is 1.97 bits per heavy atom. The first-order valence-electron chi connectivity index (χ1n) is 9.23. The van der Waals surface area contributed by atoms with Crippen molar-refractivity contribution < 1.29 is 14.3 Å². The fraction of sp³-hybridized carbons (Fsp3) is 0.350. The van der Waals surface area contributed by atoms with E-state index in [1.165, 1.54) is 16.4 Å². The molecule has 0 bridgehead atoms. The average molecular weight is 416 g/mol. The molecule has 3 rings (SSSR count). The molecule has 2 heterocycles. The number of aromatic nitrogens is 4. The van der Waals surface area contributed by atoms with E-state index >= 15 is 0 Å². The highest BCUT2D eigenvalue weighted by Crippen LogP contribution is 2.22. The van der Waals surface area contributed by atoms with Gasteiger partial charge in [0.1, 0.15) is 18.1 Å². The number of rotatable bonds is 9. The summed E-state index contributed by atoms with van der Waals surface area (Å²) in [5.74, 6) is 8.17. The van der Waals surface area contributed by atoms with Gasteiger partial charge in [-0.3, -0.25) is 4.79 Å². The number of nitrogen functional groups attached to an aromatic ring is 1. The zero-order valence-electron chi connectivity index (χ0n) is 17.0. The van der Waals surface area contributed by atoms with Crippen LogP contribution < -0.4 is 15.3 Å². The number of nitrogens with two attached hydrogens (primary N) is 1. The van der Waals surface area contributed by atoms with Gasteiger partial charge in [0.2, 0.25) is 5.16 Å². The molecule has 9 heteroatoms. The Kier molecular flexibility index (Phi) is 6.48. The van der Waals surface area contributed by atoms with Crippen LogP contribution in [0.5, 0.6) is 11.5 Å². The Bertz CT molecular complexity index is 1010. The first kappa shape index (κ1) is 20.8.